The smallest absolute Gasteiger partial charge is 0.416 e. The van der Waals surface area contributed by atoms with E-state index in [0.717, 1.165) is 12.1 Å². The summed E-state index contributed by atoms with van der Waals surface area (Å²) in [7, 11) is -4.30. The van der Waals surface area contributed by atoms with Gasteiger partial charge in [-0.1, -0.05) is 6.07 Å². The van der Waals surface area contributed by atoms with Gasteiger partial charge in [-0.25, -0.2) is 23.1 Å². The van der Waals surface area contributed by atoms with Crippen molar-refractivity contribution in [1.29, 1.82) is 0 Å². The molecule has 1 aromatic carbocycles. The van der Waals surface area contributed by atoms with E-state index in [1.807, 2.05) is 0 Å². The Labute approximate surface area is 146 Å². The minimum Gasteiger partial charge on any atom is -0.463 e. The average molecular weight is 383 g/mol. The number of alkyl halides is 3. The van der Waals surface area contributed by atoms with Crippen LogP contribution in [0.3, 0.4) is 0 Å². The molecule has 26 heavy (non-hydrogen) atoms. The highest BCUT2D eigenvalue weighted by Crippen LogP contribution is 2.33. The molecule has 0 aliphatic carbocycles. The molecule has 0 saturated carbocycles. The summed E-state index contributed by atoms with van der Waals surface area (Å²) in [5, 5.41) is 0. The summed E-state index contributed by atoms with van der Waals surface area (Å²) in [6.45, 7) is 1.25. The molecule has 0 fully saturated rings. The molecule has 136 valence electrons. The lowest BCUT2D eigenvalue weighted by molar-refractivity contribution is -0.138. The number of nitrogens with zero attached hydrogens (tertiary/aromatic N) is 2. The van der Waals surface area contributed by atoms with E-state index in [2.05, 4.69) is 14.7 Å². The van der Waals surface area contributed by atoms with E-state index in [0.29, 0.717) is 17.5 Å². The van der Waals surface area contributed by atoms with Crippen molar-refractivity contribution in [3.63, 3.8) is 0 Å². The van der Waals surface area contributed by atoms with E-state index in [9.17, 15) is 21.6 Å². The van der Waals surface area contributed by atoms with E-state index in [1.54, 1.807) is 12.1 Å². The largest absolute Gasteiger partial charge is 0.463 e. The van der Waals surface area contributed by atoms with Crippen LogP contribution in [0.2, 0.25) is 0 Å². The van der Waals surface area contributed by atoms with E-state index in [1.165, 1.54) is 25.5 Å². The molecule has 3 rings (SSSR count). The topological polar surface area (TPSA) is 85.1 Å². The summed E-state index contributed by atoms with van der Waals surface area (Å²) in [6.07, 6.45) is -1.93. The Morgan fingerprint density at radius 3 is 2.58 bits per heavy atom. The van der Waals surface area contributed by atoms with E-state index >= 15 is 0 Å². The van der Waals surface area contributed by atoms with Crippen molar-refractivity contribution in [3.8, 4) is 11.5 Å². The SMILES string of the molecule is Cc1ccc(S(=O)(=O)Nc2nccc(-c3ccco3)n2)cc1C(F)(F)F. The molecule has 0 amide bonds. The zero-order valence-electron chi connectivity index (χ0n) is 13.3. The standard InChI is InChI=1S/C16H12F3N3O3S/c1-10-4-5-11(9-12(10)16(17,18)19)26(23,24)22-15-20-7-6-13(21-15)14-3-2-8-25-14/h2-9H,1H3,(H,20,21,22). The summed E-state index contributed by atoms with van der Waals surface area (Å²) < 4.78 is 71.1. The zero-order chi connectivity index (χ0) is 18.9. The lowest BCUT2D eigenvalue weighted by Gasteiger charge is -2.13. The highest BCUT2D eigenvalue weighted by Gasteiger charge is 2.33. The van der Waals surface area contributed by atoms with Crippen molar-refractivity contribution in [1.82, 2.24) is 9.97 Å². The number of rotatable bonds is 4. The van der Waals surface area contributed by atoms with Gasteiger partial charge in [-0.3, -0.25) is 0 Å². The van der Waals surface area contributed by atoms with Crippen LogP contribution < -0.4 is 4.72 Å². The zero-order valence-corrected chi connectivity index (χ0v) is 14.1. The molecule has 0 atom stereocenters. The minimum atomic E-state index is -4.66. The molecule has 0 radical (unpaired) electrons. The van der Waals surface area contributed by atoms with Crippen LogP contribution in [0.5, 0.6) is 0 Å². The van der Waals surface area contributed by atoms with Crippen molar-refractivity contribution in [2.75, 3.05) is 4.72 Å². The lowest BCUT2D eigenvalue weighted by Crippen LogP contribution is -2.17. The molecular weight excluding hydrogens is 371 g/mol. The van der Waals surface area contributed by atoms with Crippen LogP contribution in [0.25, 0.3) is 11.5 Å². The number of halogens is 3. The second-order valence-corrected chi connectivity index (χ2v) is 7.01. The van der Waals surface area contributed by atoms with Crippen molar-refractivity contribution in [2.45, 2.75) is 18.0 Å². The monoisotopic (exact) mass is 383 g/mol. The quantitative estimate of drug-likeness (QED) is 0.739. The Kier molecular flexibility index (Phi) is 4.45. The van der Waals surface area contributed by atoms with Crippen molar-refractivity contribution < 1.29 is 26.0 Å². The van der Waals surface area contributed by atoms with Crippen LogP contribution in [0, 0.1) is 6.92 Å². The highest BCUT2D eigenvalue weighted by molar-refractivity contribution is 7.92. The number of sulfonamides is 1. The van der Waals surface area contributed by atoms with Crippen molar-refractivity contribution in [2.24, 2.45) is 0 Å². The molecule has 6 nitrogen and oxygen atoms in total. The van der Waals surface area contributed by atoms with Crippen LogP contribution in [0.15, 0.2) is 58.2 Å². The molecule has 0 unspecified atom stereocenters. The van der Waals surface area contributed by atoms with Crippen LogP contribution in [-0.4, -0.2) is 18.4 Å². The Hall–Kier alpha value is -2.88. The van der Waals surface area contributed by atoms with Gasteiger partial charge in [-0.05, 0) is 42.8 Å². The van der Waals surface area contributed by atoms with Gasteiger partial charge in [-0.15, -0.1) is 0 Å². The van der Waals surface area contributed by atoms with Gasteiger partial charge in [0.2, 0.25) is 5.95 Å². The number of hydrogen-bond donors (Lipinski definition) is 1. The van der Waals surface area contributed by atoms with Gasteiger partial charge < -0.3 is 4.42 Å². The normalized spacial score (nSPS) is 12.2. The Bertz CT molecular complexity index is 1030. The fourth-order valence-corrected chi connectivity index (χ4v) is 3.20. The molecule has 2 heterocycles. The van der Waals surface area contributed by atoms with E-state index in [-0.39, 0.29) is 11.5 Å². The third-order valence-corrected chi connectivity index (χ3v) is 4.81. The molecule has 2 aromatic heterocycles. The van der Waals surface area contributed by atoms with Crippen LogP contribution >= 0.6 is 0 Å². The van der Waals surface area contributed by atoms with Crippen LogP contribution in [-0.2, 0) is 16.2 Å². The third-order valence-electron chi connectivity index (χ3n) is 3.48. The number of hydrogen-bond acceptors (Lipinski definition) is 5. The minimum absolute atomic E-state index is 0.0764. The molecule has 3 aromatic rings. The maximum absolute atomic E-state index is 13.0. The Balaban J connectivity index is 1.94. The highest BCUT2D eigenvalue weighted by atomic mass is 32.2. The third kappa shape index (κ3) is 3.69. The number of nitrogens with one attached hydrogen (secondary N) is 1. The summed E-state index contributed by atoms with van der Waals surface area (Å²) in [5.41, 5.74) is -0.777. The van der Waals surface area contributed by atoms with Gasteiger partial charge in [0.15, 0.2) is 5.76 Å². The number of anilines is 1. The van der Waals surface area contributed by atoms with Gasteiger partial charge in [0.05, 0.1) is 16.7 Å². The fourth-order valence-electron chi connectivity index (χ4n) is 2.22. The summed E-state index contributed by atoms with van der Waals surface area (Å²) in [5.74, 6) is 0.107. The molecule has 10 heteroatoms. The number of aryl methyl sites for hydroxylation is 1. The predicted molar refractivity (Wildman–Crippen MR) is 86.7 cm³/mol. The van der Waals surface area contributed by atoms with Crippen LogP contribution in [0.4, 0.5) is 19.1 Å². The Morgan fingerprint density at radius 1 is 1.15 bits per heavy atom. The maximum atomic E-state index is 13.0. The number of aromatic nitrogens is 2. The predicted octanol–water partition coefficient (Wildman–Crippen LogP) is 3.86. The van der Waals surface area contributed by atoms with Crippen molar-refractivity contribution >= 4 is 16.0 Å². The fraction of sp³-hybridized carbons (Fsp3) is 0.125. The first-order valence-electron chi connectivity index (χ1n) is 7.24. The molecular formula is C16H12F3N3O3S. The number of benzene rings is 1. The summed E-state index contributed by atoms with van der Waals surface area (Å²) >= 11 is 0. The van der Waals surface area contributed by atoms with Crippen molar-refractivity contribution in [3.05, 3.63) is 60.0 Å². The van der Waals surface area contributed by atoms with E-state index < -0.39 is 26.7 Å². The lowest BCUT2D eigenvalue weighted by atomic mass is 10.1. The van der Waals surface area contributed by atoms with E-state index in [4.69, 9.17) is 4.42 Å². The van der Waals surface area contributed by atoms with Gasteiger partial charge >= 0.3 is 6.18 Å². The molecule has 0 aliphatic heterocycles. The molecule has 0 bridgehead atoms. The summed E-state index contributed by atoms with van der Waals surface area (Å²) in [6, 6.07) is 7.52. The first-order chi connectivity index (χ1) is 12.2. The molecule has 0 saturated heterocycles. The van der Waals surface area contributed by atoms with Gasteiger partial charge in [0.1, 0.15) is 5.69 Å². The van der Waals surface area contributed by atoms with Gasteiger partial charge in [-0.2, -0.15) is 13.2 Å². The molecule has 1 N–H and O–H groups in total. The molecule has 0 aliphatic rings. The molecule has 0 spiro atoms. The second-order valence-electron chi connectivity index (χ2n) is 5.32. The number of furan rings is 1. The second kappa shape index (κ2) is 6.45. The first kappa shape index (κ1) is 17.9. The summed E-state index contributed by atoms with van der Waals surface area (Å²) in [4.78, 5) is 7.24. The maximum Gasteiger partial charge on any atom is 0.416 e. The van der Waals surface area contributed by atoms with Gasteiger partial charge in [0.25, 0.3) is 10.0 Å². The average Bonchev–Trinajstić information content (AvgIpc) is 3.08. The van der Waals surface area contributed by atoms with Gasteiger partial charge in [0, 0.05) is 6.20 Å². The first-order valence-corrected chi connectivity index (χ1v) is 8.73. The van der Waals surface area contributed by atoms with Crippen LogP contribution in [0.1, 0.15) is 11.1 Å². The Morgan fingerprint density at radius 2 is 1.92 bits per heavy atom.